The normalized spacial score (nSPS) is 13.5. The molecule has 3 aromatic rings. The van der Waals surface area contributed by atoms with Gasteiger partial charge in [0.1, 0.15) is 12.4 Å². The highest BCUT2D eigenvalue weighted by molar-refractivity contribution is 6.30. The molecule has 1 heterocycles. The predicted octanol–water partition coefficient (Wildman–Crippen LogP) is 4.08. The SMILES string of the molecule is Cc1c(OCCn2c(=O)ccn(C)c2=O)ccc(CN(CCC(=O)O)C2CCC2)c1-c1ccc(Cl)cc1. The molecule has 1 fully saturated rings. The molecule has 9 heteroatoms. The molecule has 1 aliphatic carbocycles. The number of rotatable bonds is 11. The molecular formula is C28H32ClN3O5. The fourth-order valence-corrected chi connectivity index (χ4v) is 4.85. The largest absolute Gasteiger partial charge is 0.491 e. The highest BCUT2D eigenvalue weighted by Crippen LogP contribution is 2.36. The van der Waals surface area contributed by atoms with E-state index in [1.54, 1.807) is 7.05 Å². The molecule has 0 aliphatic heterocycles. The van der Waals surface area contributed by atoms with Crippen LogP contribution in [0, 0.1) is 6.92 Å². The quantitative estimate of drug-likeness (QED) is 0.405. The molecule has 37 heavy (non-hydrogen) atoms. The molecular weight excluding hydrogens is 494 g/mol. The zero-order valence-corrected chi connectivity index (χ0v) is 21.9. The highest BCUT2D eigenvalue weighted by Gasteiger charge is 2.26. The van der Waals surface area contributed by atoms with Gasteiger partial charge in [0.2, 0.25) is 0 Å². The van der Waals surface area contributed by atoms with Crippen molar-refractivity contribution in [2.45, 2.75) is 51.7 Å². The average Bonchev–Trinajstić information content (AvgIpc) is 2.83. The van der Waals surface area contributed by atoms with Gasteiger partial charge in [0.25, 0.3) is 5.56 Å². The van der Waals surface area contributed by atoms with Crippen LogP contribution >= 0.6 is 11.6 Å². The van der Waals surface area contributed by atoms with E-state index in [-0.39, 0.29) is 30.8 Å². The summed E-state index contributed by atoms with van der Waals surface area (Å²) in [5.41, 5.74) is 3.27. The van der Waals surface area contributed by atoms with Crippen molar-refractivity contribution < 1.29 is 14.6 Å². The molecule has 196 valence electrons. The second kappa shape index (κ2) is 11.8. The number of halogens is 1. The van der Waals surface area contributed by atoms with E-state index in [1.807, 2.05) is 43.3 Å². The molecule has 0 spiro atoms. The zero-order valence-electron chi connectivity index (χ0n) is 21.2. The number of benzene rings is 2. The smallest absolute Gasteiger partial charge is 0.330 e. The van der Waals surface area contributed by atoms with Crippen LogP contribution in [0.2, 0.25) is 5.02 Å². The van der Waals surface area contributed by atoms with Crippen LogP contribution in [0.4, 0.5) is 0 Å². The summed E-state index contributed by atoms with van der Waals surface area (Å²) in [5.74, 6) is -0.134. The first-order valence-electron chi connectivity index (χ1n) is 12.5. The molecule has 8 nitrogen and oxygen atoms in total. The third-order valence-electron chi connectivity index (χ3n) is 7.02. The summed E-state index contributed by atoms with van der Waals surface area (Å²) in [6.07, 6.45) is 4.87. The molecule has 1 saturated carbocycles. The molecule has 0 radical (unpaired) electrons. The van der Waals surface area contributed by atoms with Gasteiger partial charge in [-0.15, -0.1) is 0 Å². The van der Waals surface area contributed by atoms with E-state index < -0.39 is 5.97 Å². The molecule has 0 bridgehead atoms. The number of hydrogen-bond acceptors (Lipinski definition) is 5. The number of ether oxygens (including phenoxy) is 1. The van der Waals surface area contributed by atoms with E-state index in [4.69, 9.17) is 16.3 Å². The Kier molecular flexibility index (Phi) is 8.51. The summed E-state index contributed by atoms with van der Waals surface area (Å²) >= 11 is 6.15. The first-order valence-corrected chi connectivity index (χ1v) is 12.9. The Balaban J connectivity index is 1.62. The Morgan fingerprint density at radius 1 is 1.14 bits per heavy atom. The van der Waals surface area contributed by atoms with Gasteiger partial charge in [0.05, 0.1) is 13.0 Å². The molecule has 0 atom stereocenters. The Morgan fingerprint density at radius 2 is 1.86 bits per heavy atom. The number of nitrogens with zero attached hydrogens (tertiary/aromatic N) is 3. The number of aryl methyl sites for hydroxylation is 1. The summed E-state index contributed by atoms with van der Waals surface area (Å²) in [5, 5.41) is 9.90. The maximum absolute atomic E-state index is 12.3. The lowest BCUT2D eigenvalue weighted by Gasteiger charge is -2.38. The van der Waals surface area contributed by atoms with Crippen LogP contribution < -0.4 is 16.0 Å². The standard InChI is InChI=1S/C28H32ClN3O5/c1-19-24(37-17-16-32-25(33)12-14-30(2)28(32)36)11-8-21(27(19)20-6-9-22(29)10-7-20)18-31(15-13-26(34)35)23-4-3-5-23/h6-12,14,23H,3-5,13,15-18H2,1-2H3,(H,34,35). The van der Waals surface area contributed by atoms with Gasteiger partial charge in [-0.25, -0.2) is 4.79 Å². The Labute approximate surface area is 220 Å². The van der Waals surface area contributed by atoms with Gasteiger partial charge < -0.3 is 14.4 Å². The van der Waals surface area contributed by atoms with Crippen LogP contribution in [-0.2, 0) is 24.9 Å². The van der Waals surface area contributed by atoms with Crippen molar-refractivity contribution >= 4 is 17.6 Å². The topological polar surface area (TPSA) is 93.8 Å². The molecule has 0 amide bonds. The minimum atomic E-state index is -0.797. The van der Waals surface area contributed by atoms with E-state index in [0.29, 0.717) is 29.9 Å². The number of carbonyl (C=O) groups is 1. The van der Waals surface area contributed by atoms with E-state index in [2.05, 4.69) is 4.90 Å². The van der Waals surface area contributed by atoms with Crippen LogP contribution in [-0.4, -0.2) is 44.3 Å². The summed E-state index contributed by atoms with van der Waals surface area (Å²) in [6, 6.07) is 13.3. The molecule has 0 saturated heterocycles. The highest BCUT2D eigenvalue weighted by atomic mass is 35.5. The van der Waals surface area contributed by atoms with Gasteiger partial charge >= 0.3 is 11.7 Å². The lowest BCUT2D eigenvalue weighted by atomic mass is 9.89. The monoisotopic (exact) mass is 525 g/mol. The van der Waals surface area contributed by atoms with Gasteiger partial charge in [0, 0.05) is 43.5 Å². The van der Waals surface area contributed by atoms with E-state index in [9.17, 15) is 19.5 Å². The number of carboxylic acid groups (broad SMARTS) is 1. The van der Waals surface area contributed by atoms with Crippen molar-refractivity contribution in [2.75, 3.05) is 13.2 Å². The van der Waals surface area contributed by atoms with Crippen LogP contribution in [0.3, 0.4) is 0 Å². The minimum absolute atomic E-state index is 0.102. The van der Waals surface area contributed by atoms with Crippen LogP contribution in [0.25, 0.3) is 11.1 Å². The van der Waals surface area contributed by atoms with Gasteiger partial charge in [-0.3, -0.25) is 19.1 Å². The second-order valence-corrected chi connectivity index (χ2v) is 9.91. The first kappa shape index (κ1) is 26.7. The Morgan fingerprint density at radius 3 is 2.51 bits per heavy atom. The van der Waals surface area contributed by atoms with E-state index >= 15 is 0 Å². The van der Waals surface area contributed by atoms with Crippen molar-refractivity contribution in [1.82, 2.24) is 14.0 Å². The third kappa shape index (κ3) is 6.32. The summed E-state index contributed by atoms with van der Waals surface area (Å²) in [4.78, 5) is 38.0. The van der Waals surface area contributed by atoms with Crippen LogP contribution in [0.1, 0.15) is 36.8 Å². The molecule has 0 unspecified atom stereocenters. The number of aromatic nitrogens is 2. The van der Waals surface area contributed by atoms with Crippen molar-refractivity contribution in [2.24, 2.45) is 7.05 Å². The van der Waals surface area contributed by atoms with Crippen molar-refractivity contribution in [3.05, 3.63) is 85.6 Å². The summed E-state index contributed by atoms with van der Waals surface area (Å²) < 4.78 is 8.58. The van der Waals surface area contributed by atoms with Crippen molar-refractivity contribution in [3.8, 4) is 16.9 Å². The van der Waals surface area contributed by atoms with Gasteiger partial charge in [-0.1, -0.05) is 36.2 Å². The first-order chi connectivity index (χ1) is 17.7. The fourth-order valence-electron chi connectivity index (χ4n) is 4.72. The average molecular weight is 526 g/mol. The van der Waals surface area contributed by atoms with Gasteiger partial charge in [-0.05, 0) is 60.2 Å². The molecule has 2 aromatic carbocycles. The predicted molar refractivity (Wildman–Crippen MR) is 143 cm³/mol. The maximum Gasteiger partial charge on any atom is 0.330 e. The summed E-state index contributed by atoms with van der Waals surface area (Å²) in [7, 11) is 1.60. The maximum atomic E-state index is 12.3. The lowest BCUT2D eigenvalue weighted by molar-refractivity contribution is -0.137. The second-order valence-electron chi connectivity index (χ2n) is 9.48. The molecule has 1 aromatic heterocycles. The zero-order chi connectivity index (χ0) is 26.5. The number of aliphatic carboxylic acids is 1. The Bertz CT molecular complexity index is 1380. The van der Waals surface area contributed by atoms with E-state index in [1.165, 1.54) is 16.8 Å². The fraction of sp³-hybridized carbons (Fsp3) is 0.393. The molecule has 1 aliphatic rings. The number of carboxylic acids is 1. The van der Waals surface area contributed by atoms with Crippen LogP contribution in [0.5, 0.6) is 5.75 Å². The van der Waals surface area contributed by atoms with Crippen molar-refractivity contribution in [3.63, 3.8) is 0 Å². The van der Waals surface area contributed by atoms with Gasteiger partial charge in [-0.2, -0.15) is 0 Å². The third-order valence-corrected chi connectivity index (χ3v) is 7.28. The lowest BCUT2D eigenvalue weighted by Crippen LogP contribution is -2.40. The van der Waals surface area contributed by atoms with Crippen molar-refractivity contribution in [1.29, 1.82) is 0 Å². The van der Waals surface area contributed by atoms with Crippen LogP contribution in [0.15, 0.2) is 58.3 Å². The Hall–Kier alpha value is -3.36. The number of hydrogen-bond donors (Lipinski definition) is 1. The van der Waals surface area contributed by atoms with E-state index in [0.717, 1.165) is 46.1 Å². The van der Waals surface area contributed by atoms with Gasteiger partial charge in [0.15, 0.2) is 0 Å². The molecule has 1 N–H and O–H groups in total. The summed E-state index contributed by atoms with van der Waals surface area (Å²) in [6.45, 7) is 3.41. The molecule has 4 rings (SSSR count). The minimum Gasteiger partial charge on any atom is -0.491 e.